The molecule has 148 valence electrons. The Morgan fingerprint density at radius 3 is 2.41 bits per heavy atom. The molecule has 2 aromatic carbocycles. The van der Waals surface area contributed by atoms with Crippen molar-refractivity contribution in [3.8, 4) is 5.75 Å². The second-order valence-electron chi connectivity index (χ2n) is 6.34. The molecule has 0 aromatic heterocycles. The number of hydrogen-bond donors (Lipinski definition) is 1. The summed E-state index contributed by atoms with van der Waals surface area (Å²) in [4.78, 5) is 2.21. The van der Waals surface area contributed by atoms with Crippen LogP contribution in [0.1, 0.15) is 24.4 Å². The van der Waals surface area contributed by atoms with Gasteiger partial charge in [0.05, 0.1) is 12.0 Å². The molecule has 2 aromatic rings. The van der Waals surface area contributed by atoms with Crippen LogP contribution < -0.4 is 9.46 Å². The summed E-state index contributed by atoms with van der Waals surface area (Å²) in [7, 11) is -2.16. The molecule has 1 atom stereocenters. The highest BCUT2D eigenvalue weighted by Gasteiger charge is 2.25. The second kappa shape index (κ2) is 9.50. The van der Waals surface area contributed by atoms with Gasteiger partial charge in [0.15, 0.2) is 0 Å². The summed E-state index contributed by atoms with van der Waals surface area (Å²) in [6.07, 6.45) is 2.20. The van der Waals surface area contributed by atoms with Gasteiger partial charge < -0.3 is 4.74 Å². The first kappa shape index (κ1) is 21.6. The molecule has 1 N–H and O–H groups in total. The Bertz CT molecular complexity index is 840. The molecule has 1 fully saturated rings. The van der Waals surface area contributed by atoms with Gasteiger partial charge in [-0.3, -0.25) is 4.90 Å². The van der Waals surface area contributed by atoms with Crippen molar-refractivity contribution in [1.29, 1.82) is 0 Å². The Morgan fingerprint density at radius 1 is 1.15 bits per heavy atom. The van der Waals surface area contributed by atoms with E-state index in [1.165, 1.54) is 18.2 Å². The Balaban J connectivity index is 0.00000261. The van der Waals surface area contributed by atoms with Gasteiger partial charge in [-0.25, -0.2) is 17.5 Å². The lowest BCUT2D eigenvalue weighted by Crippen LogP contribution is -2.36. The summed E-state index contributed by atoms with van der Waals surface area (Å²) in [5, 5.41) is 0. The van der Waals surface area contributed by atoms with Crippen LogP contribution in [0.15, 0.2) is 53.4 Å². The van der Waals surface area contributed by atoms with Gasteiger partial charge in [-0.2, -0.15) is 0 Å². The third-order valence-corrected chi connectivity index (χ3v) is 6.08. The maximum Gasteiger partial charge on any atom is 0.240 e. The van der Waals surface area contributed by atoms with Gasteiger partial charge in [-0.1, -0.05) is 18.2 Å². The third kappa shape index (κ3) is 5.42. The van der Waals surface area contributed by atoms with E-state index in [0.29, 0.717) is 0 Å². The van der Waals surface area contributed by atoms with E-state index >= 15 is 0 Å². The van der Waals surface area contributed by atoms with Crippen molar-refractivity contribution in [1.82, 2.24) is 9.62 Å². The van der Waals surface area contributed by atoms with Crippen molar-refractivity contribution in [2.24, 2.45) is 0 Å². The van der Waals surface area contributed by atoms with Gasteiger partial charge >= 0.3 is 0 Å². The molecule has 1 aliphatic rings. The lowest BCUT2D eigenvalue weighted by Gasteiger charge is -2.28. The molecule has 0 aliphatic carbocycles. The van der Waals surface area contributed by atoms with Gasteiger partial charge in [-0.05, 0) is 61.8 Å². The molecule has 8 heteroatoms. The fourth-order valence-electron chi connectivity index (χ4n) is 3.24. The summed E-state index contributed by atoms with van der Waals surface area (Å²) >= 11 is 0. The van der Waals surface area contributed by atoms with Crippen LogP contribution in [0.4, 0.5) is 4.39 Å². The predicted molar refractivity (Wildman–Crippen MR) is 105 cm³/mol. The monoisotopic (exact) mass is 414 g/mol. The fraction of sp³-hybridized carbons (Fsp3) is 0.368. The average molecular weight is 415 g/mol. The summed E-state index contributed by atoms with van der Waals surface area (Å²) in [6.45, 7) is 2.09. The molecule has 0 spiro atoms. The van der Waals surface area contributed by atoms with E-state index in [0.717, 1.165) is 43.3 Å². The minimum Gasteiger partial charge on any atom is -0.497 e. The van der Waals surface area contributed by atoms with Crippen molar-refractivity contribution in [2.75, 3.05) is 26.7 Å². The molecule has 0 radical (unpaired) electrons. The normalized spacial score (nSPS) is 15.9. The van der Waals surface area contributed by atoms with Crippen LogP contribution in [-0.2, 0) is 10.0 Å². The Kier molecular flexibility index (Phi) is 7.61. The second-order valence-corrected chi connectivity index (χ2v) is 8.11. The zero-order chi connectivity index (χ0) is 18.6. The molecule has 1 heterocycles. The predicted octanol–water partition coefficient (Wildman–Crippen LogP) is 3.37. The molecule has 5 nitrogen and oxygen atoms in total. The first-order valence-corrected chi connectivity index (χ1v) is 10.1. The number of methoxy groups -OCH3 is 1. The van der Waals surface area contributed by atoms with Crippen molar-refractivity contribution < 1.29 is 17.5 Å². The van der Waals surface area contributed by atoms with Crippen molar-refractivity contribution >= 4 is 22.4 Å². The molecular weight excluding hydrogens is 391 g/mol. The quantitative estimate of drug-likeness (QED) is 0.754. The van der Waals surface area contributed by atoms with Gasteiger partial charge in [0.2, 0.25) is 10.0 Å². The Labute approximate surface area is 166 Å². The molecule has 1 unspecified atom stereocenters. The summed E-state index contributed by atoms with van der Waals surface area (Å²) < 4.78 is 46.2. The maximum absolute atomic E-state index is 13.4. The Morgan fingerprint density at radius 2 is 1.81 bits per heavy atom. The van der Waals surface area contributed by atoms with E-state index < -0.39 is 15.8 Å². The average Bonchev–Trinajstić information content (AvgIpc) is 3.17. The number of benzene rings is 2. The molecule has 1 saturated heterocycles. The largest absolute Gasteiger partial charge is 0.497 e. The van der Waals surface area contributed by atoms with Crippen LogP contribution in [-0.4, -0.2) is 40.1 Å². The van der Waals surface area contributed by atoms with E-state index in [4.69, 9.17) is 4.74 Å². The van der Waals surface area contributed by atoms with Crippen LogP contribution >= 0.6 is 12.4 Å². The smallest absolute Gasteiger partial charge is 0.240 e. The zero-order valence-corrected chi connectivity index (χ0v) is 16.7. The number of nitrogens with zero attached hydrogens (tertiary/aromatic N) is 1. The standard InChI is InChI=1S/C19H23FN2O3S.ClH/c1-25-17-9-7-15(8-10-17)19(22-11-2-3-12-22)14-21-26(23,24)18-6-4-5-16(20)13-18;/h4-10,13,19,21H,2-3,11-12,14H2,1H3;1H. The number of halogens is 2. The van der Waals surface area contributed by atoms with E-state index in [9.17, 15) is 12.8 Å². The topological polar surface area (TPSA) is 58.6 Å². The van der Waals surface area contributed by atoms with Crippen LogP contribution in [0.25, 0.3) is 0 Å². The van der Waals surface area contributed by atoms with Crippen molar-refractivity contribution in [2.45, 2.75) is 23.8 Å². The summed E-state index contributed by atoms with van der Waals surface area (Å²) in [5.41, 5.74) is 1.02. The minimum absolute atomic E-state index is 0. The van der Waals surface area contributed by atoms with Gasteiger partial charge in [0.25, 0.3) is 0 Å². The number of nitrogens with one attached hydrogen (secondary N) is 1. The highest BCUT2D eigenvalue weighted by molar-refractivity contribution is 7.89. The molecule has 0 bridgehead atoms. The number of likely N-dealkylation sites (tertiary alicyclic amines) is 1. The van der Waals surface area contributed by atoms with Crippen LogP contribution in [0.5, 0.6) is 5.75 Å². The molecule has 1 aliphatic heterocycles. The van der Waals surface area contributed by atoms with Crippen LogP contribution in [0.2, 0.25) is 0 Å². The fourth-order valence-corrected chi connectivity index (χ4v) is 4.31. The molecule has 0 amide bonds. The van der Waals surface area contributed by atoms with Crippen molar-refractivity contribution in [3.05, 3.63) is 59.9 Å². The van der Waals surface area contributed by atoms with E-state index in [1.54, 1.807) is 7.11 Å². The molecule has 0 saturated carbocycles. The molecule has 3 rings (SSSR count). The SMILES string of the molecule is COc1ccc(C(CNS(=O)(=O)c2cccc(F)c2)N2CCCC2)cc1.Cl. The first-order chi connectivity index (χ1) is 12.5. The van der Waals surface area contributed by atoms with Gasteiger partial charge in [-0.15, -0.1) is 12.4 Å². The highest BCUT2D eigenvalue weighted by atomic mass is 35.5. The third-order valence-electron chi connectivity index (χ3n) is 4.66. The zero-order valence-electron chi connectivity index (χ0n) is 15.1. The lowest BCUT2D eigenvalue weighted by atomic mass is 10.1. The first-order valence-electron chi connectivity index (χ1n) is 8.63. The van der Waals surface area contributed by atoms with Crippen LogP contribution in [0.3, 0.4) is 0 Å². The lowest BCUT2D eigenvalue weighted by molar-refractivity contribution is 0.246. The van der Waals surface area contributed by atoms with Gasteiger partial charge in [0, 0.05) is 12.6 Å². The Hall–Kier alpha value is -1.67. The maximum atomic E-state index is 13.4. The minimum atomic E-state index is -3.77. The highest BCUT2D eigenvalue weighted by Crippen LogP contribution is 2.26. The number of ether oxygens (including phenoxy) is 1. The van der Waals surface area contributed by atoms with E-state index in [1.807, 2.05) is 24.3 Å². The van der Waals surface area contributed by atoms with Gasteiger partial charge in [0.1, 0.15) is 11.6 Å². The van der Waals surface area contributed by atoms with E-state index in [-0.39, 0.29) is 29.9 Å². The van der Waals surface area contributed by atoms with E-state index in [2.05, 4.69) is 9.62 Å². The summed E-state index contributed by atoms with van der Waals surface area (Å²) in [6, 6.07) is 12.6. The molecule has 27 heavy (non-hydrogen) atoms. The van der Waals surface area contributed by atoms with Crippen LogP contribution in [0, 0.1) is 5.82 Å². The molecular formula is C19H24ClFN2O3S. The van der Waals surface area contributed by atoms with Crippen molar-refractivity contribution in [3.63, 3.8) is 0 Å². The number of hydrogen-bond acceptors (Lipinski definition) is 4. The number of sulfonamides is 1. The summed E-state index contributed by atoms with van der Waals surface area (Å²) in [5.74, 6) is 0.188. The number of rotatable bonds is 7.